The molecule has 30 heavy (non-hydrogen) atoms. The summed E-state index contributed by atoms with van der Waals surface area (Å²) in [6.07, 6.45) is 3.27. The number of carbonyl (C=O) groups excluding carboxylic acids is 1. The second-order valence-electron chi connectivity index (χ2n) is 7.72. The lowest BCUT2D eigenvalue weighted by atomic mass is 9.90. The number of nitrogens with zero attached hydrogens (tertiary/aromatic N) is 4. The summed E-state index contributed by atoms with van der Waals surface area (Å²) in [6, 6.07) is 20.7. The normalized spacial score (nSPS) is 14.8. The predicted molar refractivity (Wildman–Crippen MR) is 121 cm³/mol. The highest BCUT2D eigenvalue weighted by Gasteiger charge is 2.23. The fourth-order valence-electron chi connectivity index (χ4n) is 4.03. The largest absolute Gasteiger partial charge is 0.342 e. The number of piperidine rings is 1. The van der Waals surface area contributed by atoms with Crippen LogP contribution in [0.3, 0.4) is 0 Å². The van der Waals surface area contributed by atoms with Gasteiger partial charge in [-0.05, 0) is 37.7 Å². The number of benzene rings is 2. The quantitative estimate of drug-likeness (QED) is 0.527. The highest BCUT2D eigenvalue weighted by atomic mass is 32.2. The van der Waals surface area contributed by atoms with Crippen molar-refractivity contribution in [1.29, 1.82) is 0 Å². The molecule has 0 N–H and O–H groups in total. The lowest BCUT2D eigenvalue weighted by molar-refractivity contribution is -0.129. The van der Waals surface area contributed by atoms with Gasteiger partial charge >= 0.3 is 0 Å². The van der Waals surface area contributed by atoms with Gasteiger partial charge in [-0.25, -0.2) is 0 Å². The number of hydrogen-bond acceptors (Lipinski definition) is 4. The fourth-order valence-corrected chi connectivity index (χ4v) is 4.94. The molecule has 1 fully saturated rings. The van der Waals surface area contributed by atoms with Crippen molar-refractivity contribution in [3.63, 3.8) is 0 Å². The van der Waals surface area contributed by atoms with Crippen molar-refractivity contribution < 1.29 is 4.79 Å². The summed E-state index contributed by atoms with van der Waals surface area (Å²) in [5, 5.41) is 9.52. The molecule has 156 valence electrons. The molecule has 1 saturated heterocycles. The van der Waals surface area contributed by atoms with Crippen LogP contribution in [0.5, 0.6) is 0 Å². The van der Waals surface area contributed by atoms with Crippen LogP contribution in [-0.2, 0) is 17.8 Å². The number of likely N-dealkylation sites (tertiary alicyclic amines) is 1. The van der Waals surface area contributed by atoms with E-state index in [2.05, 4.69) is 52.0 Å². The van der Waals surface area contributed by atoms with E-state index >= 15 is 0 Å². The Balaban J connectivity index is 1.30. The summed E-state index contributed by atoms with van der Waals surface area (Å²) in [6.45, 7) is 4.57. The van der Waals surface area contributed by atoms with Crippen LogP contribution in [0, 0.1) is 5.92 Å². The van der Waals surface area contributed by atoms with E-state index in [0.29, 0.717) is 11.7 Å². The van der Waals surface area contributed by atoms with Crippen LogP contribution in [-0.4, -0.2) is 44.4 Å². The fraction of sp³-hybridized carbons (Fsp3) is 0.375. The minimum Gasteiger partial charge on any atom is -0.342 e. The van der Waals surface area contributed by atoms with E-state index in [1.54, 1.807) is 0 Å². The number of carbonyl (C=O) groups is 1. The van der Waals surface area contributed by atoms with Crippen LogP contribution in [0.25, 0.3) is 11.4 Å². The van der Waals surface area contributed by atoms with Crippen LogP contribution in [0.1, 0.15) is 25.3 Å². The molecule has 1 aliphatic rings. The third-order valence-corrected chi connectivity index (χ3v) is 6.68. The van der Waals surface area contributed by atoms with Crippen molar-refractivity contribution in [1.82, 2.24) is 19.7 Å². The molecular formula is C24H28N4OS. The van der Waals surface area contributed by atoms with Crippen molar-refractivity contribution in [2.75, 3.05) is 18.8 Å². The van der Waals surface area contributed by atoms with Crippen LogP contribution in [0.15, 0.2) is 65.8 Å². The van der Waals surface area contributed by atoms with Gasteiger partial charge in [-0.3, -0.25) is 4.79 Å². The zero-order valence-corrected chi connectivity index (χ0v) is 18.2. The molecule has 4 rings (SSSR count). The van der Waals surface area contributed by atoms with E-state index in [-0.39, 0.29) is 5.91 Å². The Morgan fingerprint density at radius 1 is 1.00 bits per heavy atom. The molecular weight excluding hydrogens is 392 g/mol. The molecule has 1 aromatic heterocycles. The highest BCUT2D eigenvalue weighted by molar-refractivity contribution is 7.99. The maximum absolute atomic E-state index is 12.8. The maximum atomic E-state index is 12.8. The molecule has 6 heteroatoms. The topological polar surface area (TPSA) is 51.0 Å². The van der Waals surface area contributed by atoms with Crippen LogP contribution >= 0.6 is 11.8 Å². The first-order valence-electron chi connectivity index (χ1n) is 10.7. The third-order valence-electron chi connectivity index (χ3n) is 5.72. The molecule has 1 amide bonds. The van der Waals surface area contributed by atoms with E-state index in [9.17, 15) is 4.79 Å². The molecule has 5 nitrogen and oxygen atoms in total. The first kappa shape index (κ1) is 20.7. The van der Waals surface area contributed by atoms with Crippen molar-refractivity contribution in [3.05, 3.63) is 66.2 Å². The molecule has 0 aliphatic carbocycles. The van der Waals surface area contributed by atoms with Crippen molar-refractivity contribution in [2.24, 2.45) is 5.92 Å². The van der Waals surface area contributed by atoms with Crippen LogP contribution < -0.4 is 0 Å². The predicted octanol–water partition coefficient (Wildman–Crippen LogP) is 4.54. The van der Waals surface area contributed by atoms with Crippen molar-refractivity contribution in [2.45, 2.75) is 37.9 Å². The van der Waals surface area contributed by atoms with Gasteiger partial charge < -0.3 is 9.47 Å². The molecule has 0 saturated carbocycles. The number of amides is 1. The molecule has 0 atom stereocenters. The van der Waals surface area contributed by atoms with Gasteiger partial charge in [0.25, 0.3) is 0 Å². The van der Waals surface area contributed by atoms with E-state index < -0.39 is 0 Å². The van der Waals surface area contributed by atoms with Crippen molar-refractivity contribution >= 4 is 17.7 Å². The van der Waals surface area contributed by atoms with E-state index in [1.807, 2.05) is 35.2 Å². The van der Waals surface area contributed by atoms with E-state index in [1.165, 1.54) is 17.3 Å². The minimum absolute atomic E-state index is 0.199. The molecule has 0 radical (unpaired) electrons. The Hall–Kier alpha value is -2.60. The Morgan fingerprint density at radius 2 is 1.67 bits per heavy atom. The minimum atomic E-state index is 0.199. The average Bonchev–Trinajstić information content (AvgIpc) is 3.22. The van der Waals surface area contributed by atoms with Gasteiger partial charge in [0.1, 0.15) is 0 Å². The summed E-state index contributed by atoms with van der Waals surface area (Å²) >= 11 is 1.49. The summed E-state index contributed by atoms with van der Waals surface area (Å²) in [5.41, 5.74) is 2.44. The van der Waals surface area contributed by atoms with Gasteiger partial charge in [0.15, 0.2) is 11.0 Å². The maximum Gasteiger partial charge on any atom is 0.233 e. The first-order valence-corrected chi connectivity index (χ1v) is 11.7. The van der Waals surface area contributed by atoms with Gasteiger partial charge in [-0.15, -0.1) is 10.2 Å². The Labute approximate surface area is 182 Å². The SMILES string of the molecule is CCn1c(SCC(=O)N2CCC(Cc3ccccc3)CC2)nnc1-c1ccccc1. The highest BCUT2D eigenvalue weighted by Crippen LogP contribution is 2.26. The Morgan fingerprint density at radius 3 is 2.33 bits per heavy atom. The van der Waals surface area contributed by atoms with Gasteiger partial charge in [-0.1, -0.05) is 72.4 Å². The van der Waals surface area contributed by atoms with E-state index in [0.717, 1.165) is 55.4 Å². The molecule has 2 heterocycles. The number of aromatic nitrogens is 3. The monoisotopic (exact) mass is 420 g/mol. The van der Waals surface area contributed by atoms with Gasteiger partial charge in [0.05, 0.1) is 5.75 Å². The summed E-state index contributed by atoms with van der Waals surface area (Å²) < 4.78 is 2.08. The second-order valence-corrected chi connectivity index (χ2v) is 8.66. The zero-order chi connectivity index (χ0) is 20.8. The van der Waals surface area contributed by atoms with Crippen LogP contribution in [0.4, 0.5) is 0 Å². The number of hydrogen-bond donors (Lipinski definition) is 0. The van der Waals surface area contributed by atoms with Gasteiger partial charge in [0, 0.05) is 25.2 Å². The molecule has 2 aromatic carbocycles. The lowest BCUT2D eigenvalue weighted by Gasteiger charge is -2.32. The molecule has 0 bridgehead atoms. The Bertz CT molecular complexity index is 950. The third kappa shape index (κ3) is 4.93. The molecule has 3 aromatic rings. The zero-order valence-electron chi connectivity index (χ0n) is 17.4. The summed E-state index contributed by atoms with van der Waals surface area (Å²) in [7, 11) is 0. The average molecular weight is 421 g/mol. The molecule has 0 unspecified atom stereocenters. The van der Waals surface area contributed by atoms with E-state index in [4.69, 9.17) is 0 Å². The van der Waals surface area contributed by atoms with Gasteiger partial charge in [0.2, 0.25) is 5.91 Å². The second kappa shape index (κ2) is 9.94. The van der Waals surface area contributed by atoms with Crippen LogP contribution in [0.2, 0.25) is 0 Å². The summed E-state index contributed by atoms with van der Waals surface area (Å²) in [5.74, 6) is 2.14. The first-order chi connectivity index (χ1) is 14.7. The molecule has 1 aliphatic heterocycles. The standard InChI is InChI=1S/C24H28N4OS/c1-2-28-23(21-11-7-4-8-12-21)25-26-24(28)30-18-22(29)27-15-13-20(14-16-27)17-19-9-5-3-6-10-19/h3-12,20H,2,13-18H2,1H3. The van der Waals surface area contributed by atoms with Crippen molar-refractivity contribution in [3.8, 4) is 11.4 Å². The lowest BCUT2D eigenvalue weighted by Crippen LogP contribution is -2.39. The Kier molecular flexibility index (Phi) is 6.84. The molecule has 0 spiro atoms. The smallest absolute Gasteiger partial charge is 0.233 e. The number of rotatable bonds is 7. The number of thioether (sulfide) groups is 1. The summed E-state index contributed by atoms with van der Waals surface area (Å²) in [4.78, 5) is 14.8. The van der Waals surface area contributed by atoms with Gasteiger partial charge in [-0.2, -0.15) is 0 Å².